The predicted molar refractivity (Wildman–Crippen MR) is 111 cm³/mol. The molecule has 2 N–H and O–H groups in total. The summed E-state index contributed by atoms with van der Waals surface area (Å²) < 4.78 is 11.0. The van der Waals surface area contributed by atoms with Crippen molar-refractivity contribution >= 4 is 23.2 Å². The van der Waals surface area contributed by atoms with Gasteiger partial charge in [0, 0.05) is 11.4 Å². The maximum atomic E-state index is 12.6. The highest BCUT2D eigenvalue weighted by Gasteiger charge is 2.36. The van der Waals surface area contributed by atoms with Gasteiger partial charge in [-0.25, -0.2) is 0 Å². The fourth-order valence-electron chi connectivity index (χ4n) is 2.37. The number of nitrogens with one attached hydrogen (secondary N) is 2. The molecule has 0 radical (unpaired) electrons. The molecule has 0 heterocycles. The highest BCUT2D eigenvalue weighted by molar-refractivity contribution is 6.14. The minimum absolute atomic E-state index is 0.0747. The Morgan fingerprint density at radius 3 is 1.68 bits per heavy atom. The van der Waals surface area contributed by atoms with Gasteiger partial charge in [-0.3, -0.25) is 9.59 Å². The van der Waals surface area contributed by atoms with Crippen LogP contribution in [0.3, 0.4) is 0 Å². The highest BCUT2D eigenvalue weighted by atomic mass is 16.5. The van der Waals surface area contributed by atoms with Crippen molar-refractivity contribution < 1.29 is 19.1 Å². The van der Waals surface area contributed by atoms with E-state index in [2.05, 4.69) is 10.6 Å². The van der Waals surface area contributed by atoms with Gasteiger partial charge >= 0.3 is 0 Å². The van der Waals surface area contributed by atoms with Crippen molar-refractivity contribution in [2.75, 3.05) is 17.2 Å². The van der Waals surface area contributed by atoms with Crippen LogP contribution in [0.5, 0.6) is 11.5 Å². The molecule has 0 atom stereocenters. The summed E-state index contributed by atoms with van der Waals surface area (Å²) >= 11 is 0. The van der Waals surface area contributed by atoms with Gasteiger partial charge in [0.1, 0.15) is 16.9 Å². The first kappa shape index (κ1) is 21.3. The van der Waals surface area contributed by atoms with Crippen LogP contribution in [0.4, 0.5) is 11.4 Å². The summed E-state index contributed by atoms with van der Waals surface area (Å²) in [4.78, 5) is 25.3. The monoisotopic (exact) mass is 384 g/mol. The minimum atomic E-state index is -1.26. The molecule has 2 rings (SSSR count). The first-order chi connectivity index (χ1) is 13.2. The lowest BCUT2D eigenvalue weighted by atomic mass is 9.90. The Bertz CT molecular complexity index is 796. The maximum absolute atomic E-state index is 12.6. The normalized spacial score (nSPS) is 11.1. The Morgan fingerprint density at radius 1 is 0.857 bits per heavy atom. The molecule has 0 saturated heterocycles. The fraction of sp³-hybridized carbons (Fsp3) is 0.364. The summed E-state index contributed by atoms with van der Waals surface area (Å²) in [6, 6.07) is 14.1. The number of rotatable bonds is 8. The van der Waals surface area contributed by atoms with Gasteiger partial charge in [-0.1, -0.05) is 0 Å². The van der Waals surface area contributed by atoms with Crippen molar-refractivity contribution in [2.24, 2.45) is 5.41 Å². The van der Waals surface area contributed by atoms with Crippen LogP contribution in [-0.4, -0.2) is 24.5 Å². The Balaban J connectivity index is 1.99. The molecule has 0 aliphatic rings. The molecule has 0 spiro atoms. The molecule has 0 aliphatic carbocycles. The molecule has 0 aliphatic heterocycles. The van der Waals surface area contributed by atoms with Crippen LogP contribution in [0.1, 0.15) is 34.6 Å². The van der Waals surface area contributed by atoms with Gasteiger partial charge < -0.3 is 20.1 Å². The average molecular weight is 384 g/mol. The maximum Gasteiger partial charge on any atom is 0.239 e. The van der Waals surface area contributed by atoms with Crippen LogP contribution in [0.2, 0.25) is 0 Å². The van der Waals surface area contributed by atoms with Gasteiger partial charge in [0.05, 0.1) is 12.7 Å². The Kier molecular flexibility index (Phi) is 7.04. The average Bonchev–Trinajstić information content (AvgIpc) is 2.64. The SMILES string of the molecule is CCOc1ccc(NC(=O)C(C)(C)C(=O)Nc2ccc(OC(C)C)cc2)cc1. The van der Waals surface area contributed by atoms with Gasteiger partial charge in [-0.05, 0) is 83.1 Å². The largest absolute Gasteiger partial charge is 0.494 e. The zero-order valence-electron chi connectivity index (χ0n) is 17.0. The molecule has 0 aromatic heterocycles. The lowest BCUT2D eigenvalue weighted by molar-refractivity contribution is -0.135. The highest BCUT2D eigenvalue weighted by Crippen LogP contribution is 2.24. The van der Waals surface area contributed by atoms with E-state index >= 15 is 0 Å². The number of anilines is 2. The summed E-state index contributed by atoms with van der Waals surface area (Å²) in [5.41, 5.74) is -0.0568. The quantitative estimate of drug-likeness (QED) is 0.658. The molecule has 0 saturated carbocycles. The van der Waals surface area contributed by atoms with E-state index in [1.807, 2.05) is 20.8 Å². The van der Waals surface area contributed by atoms with E-state index in [4.69, 9.17) is 9.47 Å². The fourth-order valence-corrected chi connectivity index (χ4v) is 2.37. The van der Waals surface area contributed by atoms with Crippen LogP contribution in [0.25, 0.3) is 0 Å². The van der Waals surface area contributed by atoms with Crippen LogP contribution >= 0.6 is 0 Å². The number of carbonyl (C=O) groups excluding carboxylic acids is 2. The number of hydrogen-bond acceptors (Lipinski definition) is 4. The molecule has 150 valence electrons. The molecular formula is C22H28N2O4. The first-order valence-corrected chi connectivity index (χ1v) is 9.35. The van der Waals surface area contributed by atoms with Crippen molar-refractivity contribution in [3.8, 4) is 11.5 Å². The number of carbonyl (C=O) groups is 2. The zero-order valence-corrected chi connectivity index (χ0v) is 17.0. The number of benzene rings is 2. The van der Waals surface area contributed by atoms with Crippen molar-refractivity contribution in [3.05, 3.63) is 48.5 Å². The van der Waals surface area contributed by atoms with E-state index < -0.39 is 17.2 Å². The Morgan fingerprint density at radius 2 is 1.29 bits per heavy atom. The summed E-state index contributed by atoms with van der Waals surface area (Å²) in [6.45, 7) is 9.54. The van der Waals surface area contributed by atoms with Crippen molar-refractivity contribution in [3.63, 3.8) is 0 Å². The molecule has 0 fully saturated rings. The third-order valence-corrected chi connectivity index (χ3v) is 4.04. The smallest absolute Gasteiger partial charge is 0.239 e. The molecule has 0 bridgehead atoms. The molecule has 28 heavy (non-hydrogen) atoms. The second-order valence-corrected chi connectivity index (χ2v) is 7.18. The molecule has 2 aromatic carbocycles. The summed E-state index contributed by atoms with van der Waals surface area (Å²) in [5.74, 6) is 0.658. The number of amides is 2. The Hall–Kier alpha value is -3.02. The van der Waals surface area contributed by atoms with Crippen LogP contribution in [0.15, 0.2) is 48.5 Å². The third kappa shape index (κ3) is 5.74. The molecule has 2 aromatic rings. The van der Waals surface area contributed by atoms with E-state index in [9.17, 15) is 9.59 Å². The van der Waals surface area contributed by atoms with Gasteiger partial charge in [0.15, 0.2) is 0 Å². The summed E-state index contributed by atoms with van der Waals surface area (Å²) in [5, 5.41) is 5.55. The molecule has 2 amide bonds. The molecule has 6 nitrogen and oxygen atoms in total. The van der Waals surface area contributed by atoms with Crippen LogP contribution in [-0.2, 0) is 9.59 Å². The van der Waals surface area contributed by atoms with E-state index in [0.717, 1.165) is 11.5 Å². The first-order valence-electron chi connectivity index (χ1n) is 9.35. The lowest BCUT2D eigenvalue weighted by Crippen LogP contribution is -2.41. The minimum Gasteiger partial charge on any atom is -0.494 e. The topological polar surface area (TPSA) is 76.7 Å². The number of ether oxygens (including phenoxy) is 2. The van der Waals surface area contributed by atoms with E-state index in [-0.39, 0.29) is 6.10 Å². The van der Waals surface area contributed by atoms with Crippen molar-refractivity contribution in [1.82, 2.24) is 0 Å². The summed E-state index contributed by atoms with van der Waals surface area (Å²) in [6.07, 6.45) is 0.0747. The number of hydrogen-bond donors (Lipinski definition) is 2. The third-order valence-electron chi connectivity index (χ3n) is 4.04. The zero-order chi connectivity index (χ0) is 20.7. The van der Waals surface area contributed by atoms with E-state index in [1.54, 1.807) is 62.4 Å². The molecular weight excluding hydrogens is 356 g/mol. The van der Waals surface area contributed by atoms with Gasteiger partial charge in [0.25, 0.3) is 0 Å². The summed E-state index contributed by atoms with van der Waals surface area (Å²) in [7, 11) is 0. The van der Waals surface area contributed by atoms with Gasteiger partial charge in [-0.15, -0.1) is 0 Å². The second kappa shape index (κ2) is 9.26. The van der Waals surface area contributed by atoms with Crippen molar-refractivity contribution in [1.29, 1.82) is 0 Å². The predicted octanol–water partition coefficient (Wildman–Crippen LogP) is 4.48. The van der Waals surface area contributed by atoms with Crippen LogP contribution < -0.4 is 20.1 Å². The Labute approximate surface area is 166 Å². The van der Waals surface area contributed by atoms with Gasteiger partial charge in [-0.2, -0.15) is 0 Å². The van der Waals surface area contributed by atoms with Crippen LogP contribution in [0, 0.1) is 5.41 Å². The van der Waals surface area contributed by atoms with E-state index in [1.165, 1.54) is 0 Å². The standard InChI is InChI=1S/C22H28N2O4/c1-6-27-18-11-7-16(8-12-18)23-20(25)22(4,5)21(26)24-17-9-13-19(14-10-17)28-15(2)3/h7-15H,6H2,1-5H3,(H,23,25)(H,24,26). The molecule has 6 heteroatoms. The van der Waals surface area contributed by atoms with E-state index in [0.29, 0.717) is 18.0 Å². The second-order valence-electron chi connectivity index (χ2n) is 7.18. The lowest BCUT2D eigenvalue weighted by Gasteiger charge is -2.23. The van der Waals surface area contributed by atoms with Gasteiger partial charge in [0.2, 0.25) is 11.8 Å². The molecule has 0 unspecified atom stereocenters. The van der Waals surface area contributed by atoms with Crippen molar-refractivity contribution in [2.45, 2.75) is 40.7 Å².